The van der Waals surface area contributed by atoms with Gasteiger partial charge in [-0.3, -0.25) is 10.1 Å². The molecule has 0 radical (unpaired) electrons. The molecule has 0 aliphatic heterocycles. The number of nitrogens with zero attached hydrogens (tertiary/aromatic N) is 4. The van der Waals surface area contributed by atoms with E-state index in [0.717, 1.165) is 16.5 Å². The van der Waals surface area contributed by atoms with Gasteiger partial charge in [0.15, 0.2) is 0 Å². The second kappa shape index (κ2) is 5.00. The van der Waals surface area contributed by atoms with Crippen molar-refractivity contribution in [3.63, 3.8) is 0 Å². The zero-order valence-electron chi connectivity index (χ0n) is 11.4. The predicted molar refractivity (Wildman–Crippen MR) is 80.3 cm³/mol. The fourth-order valence-corrected chi connectivity index (χ4v) is 2.36. The molecule has 106 valence electrons. The van der Waals surface area contributed by atoms with Gasteiger partial charge in [-0.15, -0.1) is 0 Å². The highest BCUT2D eigenvalue weighted by molar-refractivity contribution is 5.94. The van der Waals surface area contributed by atoms with Crippen LogP contribution >= 0.6 is 0 Å². The lowest BCUT2D eigenvalue weighted by Crippen LogP contribution is -1.87. The molecule has 1 N–H and O–H groups in total. The van der Waals surface area contributed by atoms with E-state index in [4.69, 9.17) is 0 Å². The number of aromatic nitrogens is 5. The summed E-state index contributed by atoms with van der Waals surface area (Å²) in [6, 6.07) is 8.42. The van der Waals surface area contributed by atoms with Crippen molar-refractivity contribution in [2.24, 2.45) is 0 Å². The molecule has 3 aromatic heterocycles. The van der Waals surface area contributed by atoms with Crippen LogP contribution < -0.4 is 0 Å². The van der Waals surface area contributed by atoms with E-state index >= 15 is 0 Å². The first-order valence-corrected chi connectivity index (χ1v) is 6.67. The van der Waals surface area contributed by atoms with Crippen LogP contribution in [0.4, 0.5) is 4.39 Å². The zero-order valence-corrected chi connectivity index (χ0v) is 11.4. The molecule has 0 atom stereocenters. The number of pyridine rings is 1. The van der Waals surface area contributed by atoms with Crippen molar-refractivity contribution in [3.8, 4) is 22.5 Å². The SMILES string of the molecule is Fc1ccccc1-c1n[nH]c2cnc(-c3cncnc3)cc12. The summed E-state index contributed by atoms with van der Waals surface area (Å²) in [4.78, 5) is 12.3. The van der Waals surface area contributed by atoms with E-state index in [0.29, 0.717) is 17.0 Å². The summed E-state index contributed by atoms with van der Waals surface area (Å²) in [6.45, 7) is 0. The Balaban J connectivity index is 1.93. The lowest BCUT2D eigenvalue weighted by atomic mass is 10.1. The molecule has 4 rings (SSSR count). The Morgan fingerprint density at radius 3 is 2.64 bits per heavy atom. The van der Waals surface area contributed by atoms with Gasteiger partial charge in [0.2, 0.25) is 0 Å². The van der Waals surface area contributed by atoms with Crippen molar-refractivity contribution in [2.75, 3.05) is 0 Å². The summed E-state index contributed by atoms with van der Waals surface area (Å²) < 4.78 is 14.0. The van der Waals surface area contributed by atoms with E-state index in [1.165, 1.54) is 12.4 Å². The van der Waals surface area contributed by atoms with Gasteiger partial charge < -0.3 is 0 Å². The lowest BCUT2D eigenvalue weighted by Gasteiger charge is -2.02. The maximum absolute atomic E-state index is 14.0. The van der Waals surface area contributed by atoms with Crippen LogP contribution in [0.25, 0.3) is 33.4 Å². The molecule has 0 saturated carbocycles. The number of H-pyrrole nitrogens is 1. The van der Waals surface area contributed by atoms with Crippen LogP contribution in [0.1, 0.15) is 0 Å². The number of aromatic amines is 1. The normalized spacial score (nSPS) is 11.0. The number of rotatable bonds is 2. The van der Waals surface area contributed by atoms with Gasteiger partial charge in [0, 0.05) is 28.9 Å². The molecule has 4 aromatic rings. The number of benzene rings is 1. The molecule has 0 saturated heterocycles. The van der Waals surface area contributed by atoms with Crippen LogP contribution in [-0.2, 0) is 0 Å². The standard InChI is InChI=1S/C16H10FN5/c17-13-4-2-1-3-11(13)16-12-5-14(10-6-18-9-19-7-10)20-8-15(12)21-22-16/h1-9H,(H,21,22). The van der Waals surface area contributed by atoms with Gasteiger partial charge >= 0.3 is 0 Å². The monoisotopic (exact) mass is 291 g/mol. The van der Waals surface area contributed by atoms with Crippen LogP contribution in [0, 0.1) is 5.82 Å². The summed E-state index contributed by atoms with van der Waals surface area (Å²) in [5.41, 5.74) is 3.28. The van der Waals surface area contributed by atoms with Crippen LogP contribution in [0.5, 0.6) is 0 Å². The van der Waals surface area contributed by atoms with Crippen LogP contribution in [0.3, 0.4) is 0 Å². The van der Waals surface area contributed by atoms with Gasteiger partial charge in [-0.2, -0.15) is 5.10 Å². The second-order valence-electron chi connectivity index (χ2n) is 4.79. The predicted octanol–water partition coefficient (Wildman–Crippen LogP) is 3.22. The summed E-state index contributed by atoms with van der Waals surface area (Å²) in [5.74, 6) is -0.308. The van der Waals surface area contributed by atoms with Crippen molar-refractivity contribution < 1.29 is 4.39 Å². The second-order valence-corrected chi connectivity index (χ2v) is 4.79. The summed E-state index contributed by atoms with van der Waals surface area (Å²) in [7, 11) is 0. The van der Waals surface area contributed by atoms with Crippen molar-refractivity contribution >= 4 is 10.9 Å². The first-order chi connectivity index (χ1) is 10.8. The summed E-state index contributed by atoms with van der Waals surface area (Å²) >= 11 is 0. The number of hydrogen-bond donors (Lipinski definition) is 1. The average Bonchev–Trinajstić information content (AvgIpc) is 2.99. The molecule has 22 heavy (non-hydrogen) atoms. The third-order valence-electron chi connectivity index (χ3n) is 3.43. The number of nitrogens with one attached hydrogen (secondary N) is 1. The Morgan fingerprint density at radius 2 is 1.82 bits per heavy atom. The topological polar surface area (TPSA) is 67.3 Å². The Hall–Kier alpha value is -3.15. The molecule has 0 aliphatic rings. The highest BCUT2D eigenvalue weighted by atomic mass is 19.1. The molecule has 0 fully saturated rings. The van der Waals surface area contributed by atoms with Gasteiger partial charge in [0.25, 0.3) is 0 Å². The van der Waals surface area contributed by atoms with Crippen molar-refractivity contribution in [3.05, 3.63) is 61.1 Å². The Labute approximate surface area is 124 Å². The van der Waals surface area contributed by atoms with E-state index in [-0.39, 0.29) is 5.82 Å². The molecule has 0 aliphatic carbocycles. The van der Waals surface area contributed by atoms with E-state index in [1.54, 1.807) is 36.8 Å². The van der Waals surface area contributed by atoms with E-state index in [9.17, 15) is 4.39 Å². The van der Waals surface area contributed by atoms with Gasteiger partial charge in [-0.1, -0.05) is 12.1 Å². The molecule has 0 spiro atoms. The maximum Gasteiger partial charge on any atom is 0.132 e. The molecule has 6 heteroatoms. The van der Waals surface area contributed by atoms with Crippen molar-refractivity contribution in [1.29, 1.82) is 0 Å². The van der Waals surface area contributed by atoms with Gasteiger partial charge in [0.05, 0.1) is 17.4 Å². The number of fused-ring (bicyclic) bond motifs is 1. The van der Waals surface area contributed by atoms with E-state index < -0.39 is 0 Å². The molecule has 3 heterocycles. The Kier molecular flexibility index (Phi) is 2.86. The quantitative estimate of drug-likeness (QED) is 0.615. The van der Waals surface area contributed by atoms with Gasteiger partial charge in [-0.25, -0.2) is 14.4 Å². The minimum absolute atomic E-state index is 0.308. The first kappa shape index (κ1) is 12.6. The zero-order chi connectivity index (χ0) is 14.9. The molecule has 0 bridgehead atoms. The molecular formula is C16H10FN5. The summed E-state index contributed by atoms with van der Waals surface area (Å²) in [5, 5.41) is 7.91. The molecule has 0 unspecified atom stereocenters. The van der Waals surface area contributed by atoms with E-state index in [2.05, 4.69) is 25.1 Å². The third-order valence-corrected chi connectivity index (χ3v) is 3.43. The Bertz CT molecular complexity index is 949. The Morgan fingerprint density at radius 1 is 1.00 bits per heavy atom. The number of halogens is 1. The smallest absolute Gasteiger partial charge is 0.132 e. The minimum Gasteiger partial charge on any atom is -0.276 e. The van der Waals surface area contributed by atoms with Crippen LogP contribution in [0.2, 0.25) is 0 Å². The highest BCUT2D eigenvalue weighted by Gasteiger charge is 2.13. The number of hydrogen-bond acceptors (Lipinski definition) is 4. The van der Waals surface area contributed by atoms with Crippen molar-refractivity contribution in [2.45, 2.75) is 0 Å². The fraction of sp³-hybridized carbons (Fsp3) is 0. The molecular weight excluding hydrogens is 281 g/mol. The molecule has 5 nitrogen and oxygen atoms in total. The molecule has 1 aromatic carbocycles. The lowest BCUT2D eigenvalue weighted by molar-refractivity contribution is 0.631. The minimum atomic E-state index is -0.308. The largest absolute Gasteiger partial charge is 0.276 e. The van der Waals surface area contributed by atoms with Gasteiger partial charge in [0.1, 0.15) is 17.8 Å². The van der Waals surface area contributed by atoms with Crippen LogP contribution in [0.15, 0.2) is 55.2 Å². The highest BCUT2D eigenvalue weighted by Crippen LogP contribution is 2.30. The fourth-order valence-electron chi connectivity index (χ4n) is 2.36. The maximum atomic E-state index is 14.0. The average molecular weight is 291 g/mol. The van der Waals surface area contributed by atoms with Crippen molar-refractivity contribution in [1.82, 2.24) is 25.1 Å². The van der Waals surface area contributed by atoms with Gasteiger partial charge in [-0.05, 0) is 18.2 Å². The summed E-state index contributed by atoms with van der Waals surface area (Å²) in [6.07, 6.45) is 6.51. The first-order valence-electron chi connectivity index (χ1n) is 6.67. The molecule has 0 amide bonds. The van der Waals surface area contributed by atoms with Crippen LogP contribution in [-0.4, -0.2) is 25.1 Å². The third kappa shape index (κ3) is 2.01. The van der Waals surface area contributed by atoms with E-state index in [1.807, 2.05) is 6.07 Å².